The second-order valence-electron chi connectivity index (χ2n) is 4.66. The number of hydrogen-bond acceptors (Lipinski definition) is 6. The molecule has 1 aliphatic rings. The highest BCUT2D eigenvalue weighted by Gasteiger charge is 2.50. The van der Waals surface area contributed by atoms with Gasteiger partial charge in [-0.25, -0.2) is 19.7 Å². The topological polar surface area (TPSA) is 101 Å². The van der Waals surface area contributed by atoms with Crippen molar-refractivity contribution in [2.45, 2.75) is 0 Å². The van der Waals surface area contributed by atoms with Gasteiger partial charge in [-0.1, -0.05) is 40.9 Å². The summed E-state index contributed by atoms with van der Waals surface area (Å²) in [6, 6.07) is 2.98. The van der Waals surface area contributed by atoms with Crippen LogP contribution in [-0.4, -0.2) is 38.6 Å². The molecule has 5 amide bonds. The summed E-state index contributed by atoms with van der Waals surface area (Å²) < 4.78 is 0. The van der Waals surface area contributed by atoms with Crippen LogP contribution in [0.15, 0.2) is 30.6 Å². The van der Waals surface area contributed by atoms with Gasteiger partial charge in [-0.05, 0) is 12.1 Å². The first-order valence-electron chi connectivity index (χ1n) is 6.51. The third-order valence-corrected chi connectivity index (χ3v) is 4.01. The van der Waals surface area contributed by atoms with Crippen molar-refractivity contribution >= 4 is 64.4 Å². The molecule has 126 valence electrons. The van der Waals surface area contributed by atoms with E-state index in [9.17, 15) is 19.2 Å². The quantitative estimate of drug-likeness (QED) is 0.437. The van der Waals surface area contributed by atoms with E-state index in [2.05, 4.69) is 9.97 Å². The number of amides is 5. The molecule has 0 atom stereocenters. The van der Waals surface area contributed by atoms with Gasteiger partial charge in [0.25, 0.3) is 5.91 Å². The Bertz CT molecular complexity index is 912. The number of aromatic nitrogens is 2. The Morgan fingerprint density at radius 2 is 1.56 bits per heavy atom. The van der Waals surface area contributed by atoms with Crippen molar-refractivity contribution in [1.29, 1.82) is 0 Å². The summed E-state index contributed by atoms with van der Waals surface area (Å²) in [4.78, 5) is 57.2. The molecule has 0 aliphatic carbocycles. The molecule has 11 heteroatoms. The van der Waals surface area contributed by atoms with Gasteiger partial charge in [0.05, 0.1) is 28.0 Å². The van der Waals surface area contributed by atoms with E-state index in [1.165, 1.54) is 18.2 Å². The summed E-state index contributed by atoms with van der Waals surface area (Å²) in [5.74, 6) is -4.00. The molecule has 1 fully saturated rings. The average molecular weight is 400 g/mol. The smallest absolute Gasteiger partial charge is 0.268 e. The van der Waals surface area contributed by atoms with E-state index in [-0.39, 0.29) is 31.5 Å². The van der Waals surface area contributed by atoms with Gasteiger partial charge in [-0.2, -0.15) is 4.90 Å². The SMILES string of the molecule is O=C1C(=O)N(c2cnc(Cl)cn2)C(=O)N1C(=O)c1c(Cl)cccc1Cl. The van der Waals surface area contributed by atoms with Crippen molar-refractivity contribution in [3.8, 4) is 0 Å². The first-order valence-corrected chi connectivity index (χ1v) is 7.64. The molecule has 0 bridgehead atoms. The zero-order valence-electron chi connectivity index (χ0n) is 11.9. The number of nitrogens with zero attached hydrogens (tertiary/aromatic N) is 4. The number of carbonyl (C=O) groups excluding carboxylic acids is 4. The lowest BCUT2D eigenvalue weighted by atomic mass is 10.2. The van der Waals surface area contributed by atoms with Gasteiger partial charge in [0.2, 0.25) is 0 Å². The van der Waals surface area contributed by atoms with E-state index < -0.39 is 23.8 Å². The standard InChI is InChI=1S/C14H5Cl3N4O4/c15-6-2-1-3-7(16)10(6)11(22)21-13(24)12(23)20(14(21)25)9-5-18-8(17)4-19-9/h1-5H. The van der Waals surface area contributed by atoms with Crippen molar-refractivity contribution in [1.82, 2.24) is 14.9 Å². The minimum atomic E-state index is -1.36. The molecule has 1 aromatic carbocycles. The van der Waals surface area contributed by atoms with Crippen molar-refractivity contribution in [2.24, 2.45) is 0 Å². The molecule has 1 aliphatic heterocycles. The number of halogens is 3. The van der Waals surface area contributed by atoms with Crippen LogP contribution in [0.2, 0.25) is 15.2 Å². The Labute approximate surface area is 154 Å². The Morgan fingerprint density at radius 3 is 2.12 bits per heavy atom. The predicted octanol–water partition coefficient (Wildman–Crippen LogP) is 2.57. The summed E-state index contributed by atoms with van der Waals surface area (Å²) in [5, 5.41) is -0.129. The lowest BCUT2D eigenvalue weighted by Crippen LogP contribution is -2.38. The molecule has 0 saturated carbocycles. The molecule has 2 heterocycles. The van der Waals surface area contributed by atoms with Crippen molar-refractivity contribution in [3.05, 3.63) is 51.4 Å². The Balaban J connectivity index is 2.02. The van der Waals surface area contributed by atoms with Gasteiger partial charge in [-0.3, -0.25) is 14.4 Å². The van der Waals surface area contributed by atoms with Crippen LogP contribution in [0.5, 0.6) is 0 Å². The van der Waals surface area contributed by atoms with E-state index >= 15 is 0 Å². The van der Waals surface area contributed by atoms with Gasteiger partial charge in [0.1, 0.15) is 5.15 Å². The highest BCUT2D eigenvalue weighted by molar-refractivity contribution is 6.57. The molecule has 1 saturated heterocycles. The molecule has 0 N–H and O–H groups in total. The van der Waals surface area contributed by atoms with E-state index in [4.69, 9.17) is 34.8 Å². The normalized spacial score (nSPS) is 14.4. The van der Waals surface area contributed by atoms with E-state index in [0.717, 1.165) is 12.4 Å². The fourth-order valence-electron chi connectivity index (χ4n) is 2.08. The second-order valence-corrected chi connectivity index (χ2v) is 5.86. The maximum absolute atomic E-state index is 12.6. The van der Waals surface area contributed by atoms with E-state index in [1.807, 2.05) is 0 Å². The lowest BCUT2D eigenvalue weighted by molar-refractivity contribution is -0.138. The van der Waals surface area contributed by atoms with Crippen LogP contribution in [0.4, 0.5) is 10.6 Å². The average Bonchev–Trinajstić information content (AvgIpc) is 2.78. The summed E-state index contributed by atoms with van der Waals surface area (Å²) in [6.45, 7) is 0. The monoisotopic (exact) mass is 398 g/mol. The third kappa shape index (κ3) is 2.84. The van der Waals surface area contributed by atoms with Gasteiger partial charge < -0.3 is 0 Å². The summed E-state index contributed by atoms with van der Waals surface area (Å²) >= 11 is 17.4. The maximum Gasteiger partial charge on any atom is 0.347 e. The molecular weight excluding hydrogens is 395 g/mol. The van der Waals surface area contributed by atoms with Crippen LogP contribution < -0.4 is 4.90 Å². The lowest BCUT2D eigenvalue weighted by Gasteiger charge is -2.14. The number of benzene rings is 1. The maximum atomic E-state index is 12.6. The second kappa shape index (κ2) is 6.40. The minimum Gasteiger partial charge on any atom is -0.268 e. The van der Waals surface area contributed by atoms with Crippen LogP contribution in [0.25, 0.3) is 0 Å². The van der Waals surface area contributed by atoms with Crippen molar-refractivity contribution in [2.75, 3.05) is 4.90 Å². The molecule has 0 unspecified atom stereocenters. The summed E-state index contributed by atoms with van der Waals surface area (Å²) in [6.07, 6.45) is 2.10. The highest BCUT2D eigenvalue weighted by atomic mass is 35.5. The first-order chi connectivity index (χ1) is 11.8. The number of urea groups is 1. The van der Waals surface area contributed by atoms with Crippen LogP contribution >= 0.6 is 34.8 Å². The Morgan fingerprint density at radius 1 is 0.920 bits per heavy atom. The number of anilines is 1. The number of carbonyl (C=O) groups is 4. The predicted molar refractivity (Wildman–Crippen MR) is 87.6 cm³/mol. The largest absolute Gasteiger partial charge is 0.347 e. The highest BCUT2D eigenvalue weighted by Crippen LogP contribution is 2.28. The van der Waals surface area contributed by atoms with Crippen LogP contribution in [0, 0.1) is 0 Å². The zero-order chi connectivity index (χ0) is 18.3. The molecule has 1 aromatic heterocycles. The summed E-state index contributed by atoms with van der Waals surface area (Å²) in [7, 11) is 0. The Kier molecular flexibility index (Phi) is 4.42. The van der Waals surface area contributed by atoms with Crippen LogP contribution in [0.1, 0.15) is 10.4 Å². The van der Waals surface area contributed by atoms with Crippen molar-refractivity contribution < 1.29 is 19.2 Å². The fourth-order valence-corrected chi connectivity index (χ4v) is 2.74. The van der Waals surface area contributed by atoms with Gasteiger partial charge >= 0.3 is 17.8 Å². The molecular formula is C14H5Cl3N4O4. The van der Waals surface area contributed by atoms with Gasteiger partial charge in [-0.15, -0.1) is 0 Å². The zero-order valence-corrected chi connectivity index (χ0v) is 14.2. The molecule has 25 heavy (non-hydrogen) atoms. The van der Waals surface area contributed by atoms with Gasteiger partial charge in [0.15, 0.2) is 5.82 Å². The third-order valence-electron chi connectivity index (χ3n) is 3.19. The number of imide groups is 4. The van der Waals surface area contributed by atoms with E-state index in [1.54, 1.807) is 0 Å². The number of rotatable bonds is 2. The summed E-state index contributed by atoms with van der Waals surface area (Å²) in [5.41, 5.74) is -0.274. The molecule has 8 nitrogen and oxygen atoms in total. The molecule has 0 radical (unpaired) electrons. The van der Waals surface area contributed by atoms with Gasteiger partial charge in [0, 0.05) is 0 Å². The van der Waals surface area contributed by atoms with Crippen LogP contribution in [0.3, 0.4) is 0 Å². The minimum absolute atomic E-state index is 0.0185. The first kappa shape index (κ1) is 17.3. The molecule has 3 rings (SSSR count). The Hall–Kier alpha value is -2.55. The van der Waals surface area contributed by atoms with Crippen molar-refractivity contribution in [3.63, 3.8) is 0 Å². The van der Waals surface area contributed by atoms with E-state index in [0.29, 0.717) is 4.90 Å². The fraction of sp³-hybridized carbons (Fsp3) is 0. The molecule has 2 aromatic rings. The van der Waals surface area contributed by atoms with Crippen LogP contribution in [-0.2, 0) is 9.59 Å². The molecule has 0 spiro atoms. The number of hydrogen-bond donors (Lipinski definition) is 0.